The molecule has 0 saturated heterocycles. The Hall–Kier alpha value is -3.02. The van der Waals surface area contributed by atoms with Crippen molar-refractivity contribution in [2.24, 2.45) is 5.92 Å². The van der Waals surface area contributed by atoms with E-state index in [0.717, 1.165) is 5.56 Å². The summed E-state index contributed by atoms with van der Waals surface area (Å²) in [5.41, 5.74) is 2.85. The molecule has 0 atom stereocenters. The first kappa shape index (κ1) is 14.6. The van der Waals surface area contributed by atoms with E-state index in [-0.39, 0.29) is 18.6 Å². The number of amides is 1. The van der Waals surface area contributed by atoms with Gasteiger partial charge in [0.15, 0.2) is 17.1 Å². The molecule has 2 heterocycles. The molecule has 1 amide bonds. The van der Waals surface area contributed by atoms with Gasteiger partial charge in [0.2, 0.25) is 18.6 Å². The van der Waals surface area contributed by atoms with Gasteiger partial charge in [0.05, 0.1) is 0 Å². The second kappa shape index (κ2) is 5.56. The molecule has 0 unspecified atom stereocenters. The van der Waals surface area contributed by atoms with Gasteiger partial charge in [-0.1, -0.05) is 13.8 Å². The number of oxazole rings is 1. The van der Waals surface area contributed by atoms with Gasteiger partial charge in [0, 0.05) is 17.2 Å². The molecular weight excluding hydrogens is 308 g/mol. The first-order chi connectivity index (χ1) is 11.6. The van der Waals surface area contributed by atoms with Crippen molar-refractivity contribution in [3.8, 4) is 23.0 Å². The molecule has 122 valence electrons. The van der Waals surface area contributed by atoms with Gasteiger partial charge in [0.1, 0.15) is 5.52 Å². The summed E-state index contributed by atoms with van der Waals surface area (Å²) >= 11 is 0. The summed E-state index contributed by atoms with van der Waals surface area (Å²) in [7, 11) is 0. The Morgan fingerprint density at radius 2 is 1.96 bits per heavy atom. The molecule has 0 bridgehead atoms. The van der Waals surface area contributed by atoms with E-state index < -0.39 is 0 Å². The predicted octanol–water partition coefficient (Wildman–Crippen LogP) is 3.82. The lowest BCUT2D eigenvalue weighted by Gasteiger charge is -2.06. The Morgan fingerprint density at radius 1 is 1.12 bits per heavy atom. The van der Waals surface area contributed by atoms with E-state index in [1.165, 1.54) is 0 Å². The fourth-order valence-corrected chi connectivity index (χ4v) is 2.44. The molecule has 6 nitrogen and oxygen atoms in total. The van der Waals surface area contributed by atoms with Gasteiger partial charge in [-0.15, -0.1) is 0 Å². The zero-order valence-electron chi connectivity index (χ0n) is 13.3. The number of nitrogens with one attached hydrogen (secondary N) is 1. The van der Waals surface area contributed by atoms with Crippen LogP contribution in [-0.2, 0) is 4.79 Å². The Morgan fingerprint density at radius 3 is 2.79 bits per heavy atom. The minimum absolute atomic E-state index is 0.0335. The lowest BCUT2D eigenvalue weighted by atomic mass is 10.2. The molecule has 1 aliphatic heterocycles. The number of aromatic nitrogens is 1. The molecule has 1 N–H and O–H groups in total. The van der Waals surface area contributed by atoms with Gasteiger partial charge in [-0.25, -0.2) is 4.98 Å². The van der Waals surface area contributed by atoms with Gasteiger partial charge in [0.25, 0.3) is 0 Å². The average molecular weight is 324 g/mol. The quantitative estimate of drug-likeness (QED) is 0.793. The summed E-state index contributed by atoms with van der Waals surface area (Å²) in [4.78, 5) is 16.3. The van der Waals surface area contributed by atoms with Gasteiger partial charge in [-0.3, -0.25) is 4.79 Å². The van der Waals surface area contributed by atoms with Gasteiger partial charge in [-0.05, 0) is 36.4 Å². The van der Waals surface area contributed by atoms with Crippen molar-refractivity contribution >= 4 is 22.7 Å². The molecule has 0 saturated carbocycles. The van der Waals surface area contributed by atoms with E-state index in [1.807, 2.05) is 32.0 Å². The number of fused-ring (bicyclic) bond motifs is 2. The predicted molar refractivity (Wildman–Crippen MR) is 89.0 cm³/mol. The monoisotopic (exact) mass is 324 g/mol. The first-order valence-corrected chi connectivity index (χ1v) is 7.71. The van der Waals surface area contributed by atoms with Crippen molar-refractivity contribution < 1.29 is 18.7 Å². The van der Waals surface area contributed by atoms with Crippen LogP contribution in [0.25, 0.3) is 22.6 Å². The van der Waals surface area contributed by atoms with Crippen LogP contribution in [-0.4, -0.2) is 17.7 Å². The molecule has 3 aromatic rings. The van der Waals surface area contributed by atoms with Crippen LogP contribution in [0.1, 0.15) is 13.8 Å². The molecule has 4 rings (SSSR count). The van der Waals surface area contributed by atoms with Crippen LogP contribution in [0, 0.1) is 5.92 Å². The third-order valence-electron chi connectivity index (χ3n) is 3.80. The highest BCUT2D eigenvalue weighted by Gasteiger charge is 2.17. The summed E-state index contributed by atoms with van der Waals surface area (Å²) in [5.74, 6) is 1.78. The number of rotatable bonds is 3. The van der Waals surface area contributed by atoms with Crippen LogP contribution < -0.4 is 14.8 Å². The Balaban J connectivity index is 1.67. The molecule has 0 aliphatic carbocycles. The van der Waals surface area contributed by atoms with E-state index in [0.29, 0.717) is 34.2 Å². The Kier molecular flexibility index (Phi) is 3.37. The summed E-state index contributed by atoms with van der Waals surface area (Å²) < 4.78 is 16.5. The van der Waals surface area contributed by atoms with Crippen molar-refractivity contribution in [1.82, 2.24) is 4.98 Å². The molecule has 0 radical (unpaired) electrons. The highest BCUT2D eigenvalue weighted by molar-refractivity contribution is 5.94. The fraction of sp³-hybridized carbons (Fsp3) is 0.222. The van der Waals surface area contributed by atoms with Crippen molar-refractivity contribution in [3.63, 3.8) is 0 Å². The third-order valence-corrected chi connectivity index (χ3v) is 3.80. The maximum Gasteiger partial charge on any atom is 0.231 e. The van der Waals surface area contributed by atoms with Crippen LogP contribution in [0.5, 0.6) is 11.5 Å². The number of benzene rings is 2. The van der Waals surface area contributed by atoms with E-state index in [4.69, 9.17) is 13.9 Å². The summed E-state index contributed by atoms with van der Waals surface area (Å²) in [6.07, 6.45) is 0. The van der Waals surface area contributed by atoms with E-state index >= 15 is 0 Å². The number of hydrogen-bond donors (Lipinski definition) is 1. The summed E-state index contributed by atoms with van der Waals surface area (Å²) in [6.45, 7) is 3.93. The van der Waals surface area contributed by atoms with Crippen LogP contribution in [0.3, 0.4) is 0 Å². The van der Waals surface area contributed by atoms with Crippen LogP contribution in [0.4, 0.5) is 5.69 Å². The molecule has 0 fully saturated rings. The van der Waals surface area contributed by atoms with Crippen molar-refractivity contribution in [2.45, 2.75) is 13.8 Å². The number of nitrogens with zero attached hydrogens (tertiary/aromatic N) is 1. The normalized spacial score (nSPS) is 12.8. The van der Waals surface area contributed by atoms with Gasteiger partial charge >= 0.3 is 0 Å². The van der Waals surface area contributed by atoms with Crippen LogP contribution in [0.2, 0.25) is 0 Å². The largest absolute Gasteiger partial charge is 0.454 e. The highest BCUT2D eigenvalue weighted by Crippen LogP contribution is 2.36. The van der Waals surface area contributed by atoms with E-state index in [9.17, 15) is 4.79 Å². The van der Waals surface area contributed by atoms with Crippen LogP contribution >= 0.6 is 0 Å². The van der Waals surface area contributed by atoms with Crippen molar-refractivity contribution in [2.75, 3.05) is 12.1 Å². The Bertz CT molecular complexity index is 930. The number of ether oxygens (including phenoxy) is 2. The van der Waals surface area contributed by atoms with Gasteiger partial charge < -0.3 is 19.2 Å². The standard InChI is InChI=1S/C18H16N2O4/c1-10(2)17(21)19-12-4-6-14-13(8-12)20-18(24-14)11-3-5-15-16(7-11)23-9-22-15/h3-8,10H,9H2,1-2H3,(H,19,21). The first-order valence-electron chi connectivity index (χ1n) is 7.71. The van der Waals surface area contributed by atoms with Crippen LogP contribution in [0.15, 0.2) is 40.8 Å². The molecule has 6 heteroatoms. The average Bonchev–Trinajstić information content (AvgIpc) is 3.19. The molecule has 24 heavy (non-hydrogen) atoms. The number of carbonyl (C=O) groups excluding carboxylic acids is 1. The zero-order chi connectivity index (χ0) is 16.7. The molecule has 1 aromatic heterocycles. The fourth-order valence-electron chi connectivity index (χ4n) is 2.44. The molecule has 2 aromatic carbocycles. The summed E-state index contributed by atoms with van der Waals surface area (Å²) in [6, 6.07) is 11.0. The second-order valence-electron chi connectivity index (χ2n) is 5.91. The van der Waals surface area contributed by atoms with E-state index in [1.54, 1.807) is 18.2 Å². The SMILES string of the molecule is CC(C)C(=O)Nc1ccc2oc(-c3ccc4c(c3)OCO4)nc2c1. The summed E-state index contributed by atoms with van der Waals surface area (Å²) in [5, 5.41) is 2.86. The minimum Gasteiger partial charge on any atom is -0.454 e. The third kappa shape index (κ3) is 2.56. The van der Waals surface area contributed by atoms with E-state index in [2.05, 4.69) is 10.3 Å². The number of carbonyl (C=O) groups is 1. The number of anilines is 1. The van der Waals surface area contributed by atoms with Crippen molar-refractivity contribution in [3.05, 3.63) is 36.4 Å². The molecular formula is C18H16N2O4. The maximum atomic E-state index is 11.8. The lowest BCUT2D eigenvalue weighted by molar-refractivity contribution is -0.118. The minimum atomic E-state index is -0.0813. The van der Waals surface area contributed by atoms with Gasteiger partial charge in [-0.2, -0.15) is 0 Å². The Labute approximate surface area is 138 Å². The lowest BCUT2D eigenvalue weighted by Crippen LogP contribution is -2.17. The topological polar surface area (TPSA) is 73.6 Å². The number of hydrogen-bond acceptors (Lipinski definition) is 5. The smallest absolute Gasteiger partial charge is 0.231 e. The molecule has 0 spiro atoms. The second-order valence-corrected chi connectivity index (χ2v) is 5.91. The van der Waals surface area contributed by atoms with Crippen molar-refractivity contribution in [1.29, 1.82) is 0 Å². The zero-order valence-corrected chi connectivity index (χ0v) is 13.3. The highest BCUT2D eigenvalue weighted by atomic mass is 16.7. The molecule has 1 aliphatic rings. The maximum absolute atomic E-state index is 11.8.